The predicted octanol–water partition coefficient (Wildman–Crippen LogP) is 2.98. The summed E-state index contributed by atoms with van der Waals surface area (Å²) in [6.07, 6.45) is 1.60. The van der Waals surface area contributed by atoms with Crippen LogP contribution in [0.1, 0.15) is 16.7 Å². The summed E-state index contributed by atoms with van der Waals surface area (Å²) >= 11 is 0. The number of benzene rings is 2. The Labute approximate surface area is 134 Å². The monoisotopic (exact) mass is 310 g/mol. The Morgan fingerprint density at radius 3 is 2.52 bits per heavy atom. The number of fused-ring (bicyclic) bond motifs is 1. The van der Waals surface area contributed by atoms with Crippen molar-refractivity contribution in [2.45, 2.75) is 12.8 Å². The minimum Gasteiger partial charge on any atom is -0.494 e. The zero-order chi connectivity index (χ0) is 16.0. The SMILES string of the molecule is COc1ccc2c(c1N)Oc1c(OC)ccc3c1C(=NCC3)C2. The van der Waals surface area contributed by atoms with Crippen LogP contribution in [0.5, 0.6) is 23.0 Å². The quantitative estimate of drug-likeness (QED) is 0.866. The van der Waals surface area contributed by atoms with Crippen LogP contribution in [0.25, 0.3) is 0 Å². The number of nitrogen functional groups attached to an aromatic ring is 1. The van der Waals surface area contributed by atoms with Crippen molar-refractivity contribution in [3.63, 3.8) is 0 Å². The van der Waals surface area contributed by atoms with E-state index in [4.69, 9.17) is 24.9 Å². The molecule has 0 fully saturated rings. The summed E-state index contributed by atoms with van der Waals surface area (Å²) in [5.74, 6) is 2.62. The molecule has 0 atom stereocenters. The molecular formula is C18H18N2O3. The number of aliphatic imine (C=N–C) groups is 1. The molecule has 4 rings (SSSR count). The van der Waals surface area contributed by atoms with Gasteiger partial charge < -0.3 is 19.9 Å². The lowest BCUT2D eigenvalue weighted by atomic mass is 9.93. The molecular weight excluding hydrogens is 292 g/mol. The van der Waals surface area contributed by atoms with Crippen LogP contribution in [-0.4, -0.2) is 26.5 Å². The fraction of sp³-hybridized carbons (Fsp3) is 0.278. The zero-order valence-electron chi connectivity index (χ0n) is 13.2. The summed E-state index contributed by atoms with van der Waals surface area (Å²) in [7, 11) is 3.24. The molecule has 5 nitrogen and oxygen atoms in total. The van der Waals surface area contributed by atoms with E-state index in [9.17, 15) is 0 Å². The third kappa shape index (κ3) is 2.04. The maximum absolute atomic E-state index is 6.24. The van der Waals surface area contributed by atoms with Gasteiger partial charge in [0.05, 0.1) is 19.9 Å². The Morgan fingerprint density at radius 1 is 1.00 bits per heavy atom. The van der Waals surface area contributed by atoms with Crippen molar-refractivity contribution in [3.8, 4) is 23.0 Å². The molecule has 0 bridgehead atoms. The van der Waals surface area contributed by atoms with Gasteiger partial charge in [-0.15, -0.1) is 0 Å². The van der Waals surface area contributed by atoms with Crippen molar-refractivity contribution in [2.24, 2.45) is 4.99 Å². The first kappa shape index (κ1) is 13.9. The maximum atomic E-state index is 6.24. The van der Waals surface area contributed by atoms with E-state index >= 15 is 0 Å². The largest absolute Gasteiger partial charge is 0.494 e. The topological polar surface area (TPSA) is 66.1 Å². The van der Waals surface area contributed by atoms with Gasteiger partial charge in [0.2, 0.25) is 0 Å². The van der Waals surface area contributed by atoms with E-state index in [2.05, 4.69) is 6.07 Å². The van der Waals surface area contributed by atoms with Crippen LogP contribution in [0.4, 0.5) is 5.69 Å². The standard InChI is InChI=1S/C18H18N2O3/c1-21-13-5-4-11-9-12-15-10(7-8-20-12)3-6-14(22-2)18(15)23-17(11)16(13)19/h3-6H,7-9,19H2,1-2H3. The fourth-order valence-electron chi connectivity index (χ4n) is 3.27. The Hall–Kier alpha value is -2.69. The zero-order valence-corrected chi connectivity index (χ0v) is 13.2. The third-order valence-corrected chi connectivity index (χ3v) is 4.42. The molecule has 2 aliphatic rings. The first-order chi connectivity index (χ1) is 11.2. The predicted molar refractivity (Wildman–Crippen MR) is 89.3 cm³/mol. The molecule has 2 aromatic carbocycles. The highest BCUT2D eigenvalue weighted by Crippen LogP contribution is 2.46. The molecule has 0 spiro atoms. The van der Waals surface area contributed by atoms with E-state index in [-0.39, 0.29) is 0 Å². The van der Waals surface area contributed by atoms with Crippen LogP contribution >= 0.6 is 0 Å². The Kier molecular flexibility index (Phi) is 3.15. The number of rotatable bonds is 2. The number of nitrogens with zero attached hydrogens (tertiary/aromatic N) is 1. The Balaban J connectivity index is 1.99. The first-order valence-corrected chi connectivity index (χ1v) is 7.59. The first-order valence-electron chi connectivity index (χ1n) is 7.59. The van der Waals surface area contributed by atoms with Crippen LogP contribution < -0.4 is 19.9 Å². The summed E-state index contributed by atoms with van der Waals surface area (Å²) < 4.78 is 17.1. The van der Waals surface area contributed by atoms with Gasteiger partial charge in [0.1, 0.15) is 11.4 Å². The minimum atomic E-state index is 0.504. The fourth-order valence-corrected chi connectivity index (χ4v) is 3.27. The molecule has 0 radical (unpaired) electrons. The number of anilines is 1. The highest BCUT2D eigenvalue weighted by Gasteiger charge is 2.29. The van der Waals surface area contributed by atoms with Crippen molar-refractivity contribution in [1.82, 2.24) is 0 Å². The average Bonchev–Trinajstić information content (AvgIpc) is 2.75. The van der Waals surface area contributed by atoms with Gasteiger partial charge in [0, 0.05) is 24.1 Å². The van der Waals surface area contributed by atoms with Gasteiger partial charge in [-0.1, -0.05) is 12.1 Å². The molecule has 2 aromatic rings. The summed E-state index contributed by atoms with van der Waals surface area (Å²) in [6, 6.07) is 7.89. The second kappa shape index (κ2) is 5.19. The molecule has 2 heterocycles. The summed E-state index contributed by atoms with van der Waals surface area (Å²) in [4.78, 5) is 4.72. The third-order valence-electron chi connectivity index (χ3n) is 4.42. The van der Waals surface area contributed by atoms with E-state index in [0.29, 0.717) is 35.1 Å². The normalized spacial score (nSPS) is 14.8. The molecule has 0 aromatic heterocycles. The van der Waals surface area contributed by atoms with E-state index < -0.39 is 0 Å². The van der Waals surface area contributed by atoms with Crippen LogP contribution in [0.15, 0.2) is 29.3 Å². The number of nitrogens with two attached hydrogens (primary N) is 1. The minimum absolute atomic E-state index is 0.504. The lowest BCUT2D eigenvalue weighted by molar-refractivity contribution is 0.376. The van der Waals surface area contributed by atoms with Gasteiger partial charge >= 0.3 is 0 Å². The lowest BCUT2D eigenvalue weighted by Crippen LogP contribution is -2.15. The second-order valence-electron chi connectivity index (χ2n) is 5.66. The van der Waals surface area contributed by atoms with Crippen molar-refractivity contribution >= 4 is 11.4 Å². The summed E-state index contributed by atoms with van der Waals surface area (Å²) in [5.41, 5.74) is 11.1. The molecule has 118 valence electrons. The number of methoxy groups -OCH3 is 2. The van der Waals surface area contributed by atoms with Gasteiger partial charge in [-0.05, 0) is 24.1 Å². The van der Waals surface area contributed by atoms with Crippen molar-refractivity contribution < 1.29 is 14.2 Å². The number of ether oxygens (including phenoxy) is 3. The lowest BCUT2D eigenvalue weighted by Gasteiger charge is -2.19. The van der Waals surface area contributed by atoms with E-state index in [1.54, 1.807) is 14.2 Å². The Bertz CT molecular complexity index is 828. The van der Waals surface area contributed by atoms with Crippen LogP contribution in [0.2, 0.25) is 0 Å². The van der Waals surface area contributed by atoms with Gasteiger partial charge in [0.25, 0.3) is 0 Å². The van der Waals surface area contributed by atoms with E-state index in [1.165, 1.54) is 5.56 Å². The molecule has 0 unspecified atom stereocenters. The van der Waals surface area contributed by atoms with Gasteiger partial charge in [-0.3, -0.25) is 4.99 Å². The van der Waals surface area contributed by atoms with Crippen molar-refractivity contribution in [2.75, 3.05) is 26.5 Å². The smallest absolute Gasteiger partial charge is 0.178 e. The number of hydrogen-bond acceptors (Lipinski definition) is 5. The molecule has 0 saturated carbocycles. The second-order valence-corrected chi connectivity index (χ2v) is 5.66. The average molecular weight is 310 g/mol. The van der Waals surface area contributed by atoms with Crippen molar-refractivity contribution in [1.29, 1.82) is 0 Å². The summed E-state index contributed by atoms with van der Waals surface area (Å²) in [6.45, 7) is 0.801. The number of hydrogen-bond donors (Lipinski definition) is 1. The highest BCUT2D eigenvalue weighted by molar-refractivity contribution is 6.08. The van der Waals surface area contributed by atoms with Crippen LogP contribution in [0, 0.1) is 0 Å². The molecule has 2 aliphatic heterocycles. The van der Waals surface area contributed by atoms with Gasteiger partial charge in [-0.2, -0.15) is 0 Å². The molecule has 23 heavy (non-hydrogen) atoms. The summed E-state index contributed by atoms with van der Waals surface area (Å²) in [5, 5.41) is 0. The van der Waals surface area contributed by atoms with E-state index in [0.717, 1.165) is 29.8 Å². The van der Waals surface area contributed by atoms with Crippen molar-refractivity contribution in [3.05, 3.63) is 41.0 Å². The highest BCUT2D eigenvalue weighted by atomic mass is 16.5. The molecule has 5 heteroatoms. The maximum Gasteiger partial charge on any atom is 0.178 e. The van der Waals surface area contributed by atoms with Crippen LogP contribution in [-0.2, 0) is 12.8 Å². The Morgan fingerprint density at radius 2 is 1.74 bits per heavy atom. The molecule has 0 aliphatic carbocycles. The van der Waals surface area contributed by atoms with Crippen LogP contribution in [0.3, 0.4) is 0 Å². The van der Waals surface area contributed by atoms with E-state index in [1.807, 2.05) is 18.2 Å². The molecule has 0 saturated heterocycles. The van der Waals surface area contributed by atoms with Gasteiger partial charge in [0.15, 0.2) is 17.2 Å². The molecule has 0 amide bonds. The molecule has 2 N–H and O–H groups in total. The van der Waals surface area contributed by atoms with Gasteiger partial charge in [-0.25, -0.2) is 0 Å².